The molecule has 0 radical (unpaired) electrons. The summed E-state index contributed by atoms with van der Waals surface area (Å²) in [6.45, 7) is 2.21. The Bertz CT molecular complexity index is 527. The van der Waals surface area contributed by atoms with E-state index in [1.165, 1.54) is 43.0 Å². The van der Waals surface area contributed by atoms with E-state index in [4.69, 9.17) is 23.1 Å². The van der Waals surface area contributed by atoms with Gasteiger partial charge in [0.15, 0.2) is 0 Å². The van der Waals surface area contributed by atoms with Gasteiger partial charge in [0.1, 0.15) is 5.82 Å². The lowest BCUT2D eigenvalue weighted by molar-refractivity contribution is 0.628. The van der Waals surface area contributed by atoms with Crippen LogP contribution in [0, 0.1) is 5.82 Å². The van der Waals surface area contributed by atoms with Crippen molar-refractivity contribution in [3.63, 3.8) is 0 Å². The van der Waals surface area contributed by atoms with Gasteiger partial charge in [-0.05, 0) is 48.7 Å². The van der Waals surface area contributed by atoms with Crippen LogP contribution < -0.4 is 11.5 Å². The molecule has 20 heavy (non-hydrogen) atoms. The topological polar surface area (TPSA) is 52.0 Å². The number of hydrogen-bond donors (Lipinski definition) is 2. The fourth-order valence-corrected chi connectivity index (χ4v) is 1.77. The van der Waals surface area contributed by atoms with Gasteiger partial charge in [0.25, 0.3) is 0 Å². The first kappa shape index (κ1) is 16.3. The van der Waals surface area contributed by atoms with E-state index in [-0.39, 0.29) is 5.02 Å². The van der Waals surface area contributed by atoms with Crippen molar-refractivity contribution in [1.82, 2.24) is 0 Å². The normalized spacial score (nSPS) is 9.75. The zero-order valence-electron chi connectivity index (χ0n) is 11.6. The molecular formula is C16H20ClFN2. The third-order valence-electron chi connectivity index (χ3n) is 2.74. The van der Waals surface area contributed by atoms with E-state index in [1.54, 1.807) is 0 Å². The van der Waals surface area contributed by atoms with Gasteiger partial charge >= 0.3 is 0 Å². The molecule has 0 aromatic heterocycles. The second-order valence-corrected chi connectivity index (χ2v) is 4.93. The minimum absolute atomic E-state index is 0.0648. The summed E-state index contributed by atoms with van der Waals surface area (Å²) in [4.78, 5) is 0. The molecule has 0 fully saturated rings. The summed E-state index contributed by atoms with van der Waals surface area (Å²) in [7, 11) is 0. The Labute approximate surface area is 124 Å². The molecule has 0 heterocycles. The van der Waals surface area contributed by atoms with Gasteiger partial charge in [0, 0.05) is 11.4 Å². The molecule has 108 valence electrons. The number of hydrogen-bond acceptors (Lipinski definition) is 2. The highest BCUT2D eigenvalue weighted by atomic mass is 35.5. The van der Waals surface area contributed by atoms with E-state index in [0.717, 1.165) is 5.69 Å². The number of rotatable bonds is 3. The standard InChI is InChI=1S/C10H15N.C6H5ClFN/c1-2-3-4-9-5-7-10(11)8-6-9;7-5-3-4(9)1-2-6(5)8/h5-8H,2-4,11H2,1H3;1-3H,9H2. The van der Waals surface area contributed by atoms with Crippen LogP contribution in [0.3, 0.4) is 0 Å². The Morgan fingerprint density at radius 3 is 2.10 bits per heavy atom. The largest absolute Gasteiger partial charge is 0.399 e. The van der Waals surface area contributed by atoms with Crippen LogP contribution in [0.1, 0.15) is 25.3 Å². The molecule has 2 aromatic rings. The highest BCUT2D eigenvalue weighted by Crippen LogP contribution is 2.16. The lowest BCUT2D eigenvalue weighted by Crippen LogP contribution is -1.87. The number of nitrogen functional groups attached to an aromatic ring is 2. The van der Waals surface area contributed by atoms with Crippen molar-refractivity contribution in [3.05, 3.63) is 58.9 Å². The van der Waals surface area contributed by atoms with E-state index in [1.807, 2.05) is 12.1 Å². The Morgan fingerprint density at radius 1 is 1.00 bits per heavy atom. The first-order valence-corrected chi connectivity index (χ1v) is 6.95. The smallest absolute Gasteiger partial charge is 0.141 e. The van der Waals surface area contributed by atoms with Gasteiger partial charge in [-0.1, -0.05) is 37.1 Å². The van der Waals surface area contributed by atoms with Crippen molar-refractivity contribution in [1.29, 1.82) is 0 Å². The Kier molecular flexibility index (Phi) is 6.88. The van der Waals surface area contributed by atoms with E-state index < -0.39 is 5.82 Å². The molecule has 0 unspecified atom stereocenters. The molecule has 0 spiro atoms. The lowest BCUT2D eigenvalue weighted by Gasteiger charge is -1.99. The summed E-state index contributed by atoms with van der Waals surface area (Å²) in [5.74, 6) is -0.439. The maximum absolute atomic E-state index is 12.3. The Hall–Kier alpha value is -1.74. The molecule has 0 aliphatic carbocycles. The first-order valence-electron chi connectivity index (χ1n) is 6.58. The summed E-state index contributed by atoms with van der Waals surface area (Å²) in [6.07, 6.45) is 3.70. The molecule has 0 atom stereocenters. The van der Waals surface area contributed by atoms with Gasteiger partial charge in [0.2, 0.25) is 0 Å². The van der Waals surface area contributed by atoms with Crippen LogP contribution in [0.25, 0.3) is 0 Å². The molecular weight excluding hydrogens is 275 g/mol. The van der Waals surface area contributed by atoms with E-state index in [9.17, 15) is 4.39 Å². The molecule has 0 bridgehead atoms. The van der Waals surface area contributed by atoms with Crippen molar-refractivity contribution in [3.8, 4) is 0 Å². The van der Waals surface area contributed by atoms with Crippen LogP contribution in [0.5, 0.6) is 0 Å². The highest BCUT2D eigenvalue weighted by molar-refractivity contribution is 6.31. The van der Waals surface area contributed by atoms with Gasteiger partial charge in [-0.3, -0.25) is 0 Å². The fourth-order valence-electron chi connectivity index (χ4n) is 1.58. The Balaban J connectivity index is 0.000000204. The van der Waals surface area contributed by atoms with Crippen LogP contribution in [0.15, 0.2) is 42.5 Å². The van der Waals surface area contributed by atoms with Crippen LogP contribution in [-0.4, -0.2) is 0 Å². The number of anilines is 2. The predicted octanol–water partition coefficient (Wildman–Crippen LogP) is 4.67. The molecule has 0 amide bonds. The number of aryl methyl sites for hydroxylation is 1. The average Bonchev–Trinajstić information content (AvgIpc) is 2.43. The van der Waals surface area contributed by atoms with Crippen molar-refractivity contribution in [2.75, 3.05) is 11.5 Å². The molecule has 2 rings (SSSR count). The highest BCUT2D eigenvalue weighted by Gasteiger charge is 1.96. The van der Waals surface area contributed by atoms with Crippen molar-refractivity contribution in [2.45, 2.75) is 26.2 Å². The number of unbranched alkanes of at least 4 members (excludes halogenated alkanes) is 1. The lowest BCUT2D eigenvalue weighted by atomic mass is 10.1. The van der Waals surface area contributed by atoms with Crippen molar-refractivity contribution in [2.24, 2.45) is 0 Å². The summed E-state index contributed by atoms with van der Waals surface area (Å²) >= 11 is 5.36. The maximum atomic E-state index is 12.3. The van der Waals surface area contributed by atoms with E-state index >= 15 is 0 Å². The molecule has 2 aromatic carbocycles. The minimum atomic E-state index is -0.439. The molecule has 0 aliphatic rings. The van der Waals surface area contributed by atoms with E-state index in [2.05, 4.69) is 19.1 Å². The van der Waals surface area contributed by atoms with Gasteiger partial charge in [-0.15, -0.1) is 0 Å². The second kappa shape index (κ2) is 8.43. The van der Waals surface area contributed by atoms with Crippen LogP contribution in [0.2, 0.25) is 5.02 Å². The SMILES string of the molecule is CCCCc1ccc(N)cc1.Nc1ccc(F)c(Cl)c1. The molecule has 4 heteroatoms. The summed E-state index contributed by atoms with van der Waals surface area (Å²) in [5.41, 5.74) is 13.5. The molecule has 2 nitrogen and oxygen atoms in total. The van der Waals surface area contributed by atoms with Gasteiger partial charge in [0.05, 0.1) is 5.02 Å². The van der Waals surface area contributed by atoms with Gasteiger partial charge in [-0.25, -0.2) is 4.39 Å². The monoisotopic (exact) mass is 294 g/mol. The molecule has 0 saturated carbocycles. The van der Waals surface area contributed by atoms with Gasteiger partial charge in [-0.2, -0.15) is 0 Å². The zero-order valence-corrected chi connectivity index (χ0v) is 12.3. The van der Waals surface area contributed by atoms with Crippen LogP contribution in [0.4, 0.5) is 15.8 Å². The zero-order chi connectivity index (χ0) is 15.0. The van der Waals surface area contributed by atoms with Gasteiger partial charge < -0.3 is 11.5 Å². The molecule has 4 N–H and O–H groups in total. The summed E-state index contributed by atoms with van der Waals surface area (Å²) in [5, 5.41) is 0.0648. The summed E-state index contributed by atoms with van der Waals surface area (Å²) < 4.78 is 12.3. The van der Waals surface area contributed by atoms with Crippen LogP contribution >= 0.6 is 11.6 Å². The Morgan fingerprint density at radius 2 is 1.60 bits per heavy atom. The molecule has 0 saturated heterocycles. The van der Waals surface area contributed by atoms with E-state index in [0.29, 0.717) is 5.69 Å². The number of halogens is 2. The number of benzene rings is 2. The fraction of sp³-hybridized carbons (Fsp3) is 0.250. The van der Waals surface area contributed by atoms with Crippen molar-refractivity contribution >= 4 is 23.0 Å². The second-order valence-electron chi connectivity index (χ2n) is 4.52. The molecule has 0 aliphatic heterocycles. The maximum Gasteiger partial charge on any atom is 0.141 e. The predicted molar refractivity (Wildman–Crippen MR) is 85.3 cm³/mol. The minimum Gasteiger partial charge on any atom is -0.399 e. The average molecular weight is 295 g/mol. The number of nitrogens with two attached hydrogens (primary N) is 2. The third-order valence-corrected chi connectivity index (χ3v) is 3.03. The first-order chi connectivity index (χ1) is 9.52. The van der Waals surface area contributed by atoms with Crippen LogP contribution in [-0.2, 0) is 6.42 Å². The third kappa shape index (κ3) is 5.93. The van der Waals surface area contributed by atoms with Crippen molar-refractivity contribution < 1.29 is 4.39 Å². The summed E-state index contributed by atoms with van der Waals surface area (Å²) in [6, 6.07) is 12.2. The quantitative estimate of drug-likeness (QED) is 0.808.